The van der Waals surface area contributed by atoms with Gasteiger partial charge in [0, 0.05) is 12.1 Å². The maximum atomic E-state index is 6.14. The first-order valence-electron chi connectivity index (χ1n) is 6.58. The zero-order valence-corrected chi connectivity index (χ0v) is 11.6. The molecule has 0 aliphatic heterocycles. The SMILES string of the molecule is CCCCN(C)C(c1ccc(C)cc1)C(C)N. The second-order valence-electron chi connectivity index (χ2n) is 5.05. The number of aryl methyl sites for hydroxylation is 1. The molecule has 2 N–H and O–H groups in total. The fourth-order valence-corrected chi connectivity index (χ4v) is 2.27. The molecule has 1 aromatic carbocycles. The lowest BCUT2D eigenvalue weighted by molar-refractivity contribution is 0.216. The number of hydrogen-bond acceptors (Lipinski definition) is 2. The number of hydrogen-bond donors (Lipinski definition) is 1. The van der Waals surface area contributed by atoms with Gasteiger partial charge in [-0.3, -0.25) is 4.90 Å². The van der Waals surface area contributed by atoms with Crippen LogP contribution in [0.25, 0.3) is 0 Å². The molecule has 0 aliphatic carbocycles. The third-order valence-corrected chi connectivity index (χ3v) is 3.26. The Labute approximate surface area is 106 Å². The van der Waals surface area contributed by atoms with Gasteiger partial charge in [0.1, 0.15) is 0 Å². The van der Waals surface area contributed by atoms with Crippen LogP contribution in [0, 0.1) is 6.92 Å². The van der Waals surface area contributed by atoms with Crippen LogP contribution in [-0.2, 0) is 0 Å². The van der Waals surface area contributed by atoms with Crippen LogP contribution in [0.1, 0.15) is 43.9 Å². The average Bonchev–Trinajstić information content (AvgIpc) is 2.29. The van der Waals surface area contributed by atoms with Crippen LogP contribution in [0.15, 0.2) is 24.3 Å². The molecule has 0 radical (unpaired) electrons. The molecule has 0 aliphatic rings. The second kappa shape index (κ2) is 6.77. The zero-order valence-electron chi connectivity index (χ0n) is 11.6. The summed E-state index contributed by atoms with van der Waals surface area (Å²) in [5, 5.41) is 0. The summed E-state index contributed by atoms with van der Waals surface area (Å²) in [6.07, 6.45) is 2.45. The highest BCUT2D eigenvalue weighted by molar-refractivity contribution is 5.25. The monoisotopic (exact) mass is 234 g/mol. The minimum Gasteiger partial charge on any atom is -0.326 e. The van der Waals surface area contributed by atoms with Gasteiger partial charge in [-0.15, -0.1) is 0 Å². The second-order valence-corrected chi connectivity index (χ2v) is 5.05. The molecule has 0 aromatic heterocycles. The lowest BCUT2D eigenvalue weighted by Gasteiger charge is -2.31. The van der Waals surface area contributed by atoms with Crippen molar-refractivity contribution in [3.05, 3.63) is 35.4 Å². The standard InChI is InChI=1S/C15H26N2/c1-5-6-11-17(4)15(13(3)16)14-9-7-12(2)8-10-14/h7-10,13,15H,5-6,11,16H2,1-4H3. The molecule has 0 saturated carbocycles. The van der Waals surface area contributed by atoms with Crippen molar-refractivity contribution in [1.29, 1.82) is 0 Å². The minimum atomic E-state index is 0.152. The van der Waals surface area contributed by atoms with Gasteiger partial charge >= 0.3 is 0 Å². The van der Waals surface area contributed by atoms with Gasteiger partial charge in [-0.2, -0.15) is 0 Å². The van der Waals surface area contributed by atoms with E-state index in [-0.39, 0.29) is 6.04 Å². The molecular formula is C15H26N2. The predicted octanol–water partition coefficient (Wildman–Crippen LogP) is 3.12. The summed E-state index contributed by atoms with van der Waals surface area (Å²) in [5.74, 6) is 0. The molecule has 2 heteroatoms. The van der Waals surface area contributed by atoms with E-state index in [2.05, 4.69) is 57.0 Å². The molecule has 0 heterocycles. The molecule has 0 saturated heterocycles. The largest absolute Gasteiger partial charge is 0.326 e. The van der Waals surface area contributed by atoms with E-state index in [9.17, 15) is 0 Å². The molecule has 0 fully saturated rings. The molecule has 96 valence electrons. The van der Waals surface area contributed by atoms with Gasteiger partial charge in [0.15, 0.2) is 0 Å². The summed E-state index contributed by atoms with van der Waals surface area (Å²) in [4.78, 5) is 2.37. The van der Waals surface area contributed by atoms with Gasteiger partial charge in [0.2, 0.25) is 0 Å². The molecule has 0 bridgehead atoms. The van der Waals surface area contributed by atoms with Gasteiger partial charge < -0.3 is 5.73 Å². The van der Waals surface area contributed by atoms with E-state index in [0.29, 0.717) is 6.04 Å². The van der Waals surface area contributed by atoms with Crippen molar-refractivity contribution in [2.75, 3.05) is 13.6 Å². The smallest absolute Gasteiger partial charge is 0.0493 e. The van der Waals surface area contributed by atoms with Crippen molar-refractivity contribution in [3.8, 4) is 0 Å². The van der Waals surface area contributed by atoms with Crippen molar-refractivity contribution in [3.63, 3.8) is 0 Å². The Bertz CT molecular complexity index is 316. The summed E-state index contributed by atoms with van der Waals surface area (Å²) in [7, 11) is 2.17. The summed E-state index contributed by atoms with van der Waals surface area (Å²) in [5.41, 5.74) is 8.76. The Morgan fingerprint density at radius 1 is 1.24 bits per heavy atom. The molecule has 17 heavy (non-hydrogen) atoms. The van der Waals surface area contributed by atoms with E-state index in [0.717, 1.165) is 6.54 Å². The maximum Gasteiger partial charge on any atom is 0.0493 e. The first-order chi connectivity index (χ1) is 8.06. The van der Waals surface area contributed by atoms with Crippen molar-refractivity contribution in [1.82, 2.24) is 4.90 Å². The quantitative estimate of drug-likeness (QED) is 0.819. The van der Waals surface area contributed by atoms with Crippen LogP contribution in [0.3, 0.4) is 0 Å². The van der Waals surface area contributed by atoms with E-state index >= 15 is 0 Å². The molecule has 1 aromatic rings. The summed E-state index contributed by atoms with van der Waals surface area (Å²) in [6.45, 7) is 7.54. The normalized spacial score (nSPS) is 14.9. The Morgan fingerprint density at radius 3 is 2.29 bits per heavy atom. The maximum absolute atomic E-state index is 6.14. The topological polar surface area (TPSA) is 29.3 Å². The predicted molar refractivity (Wildman–Crippen MR) is 75.1 cm³/mol. The van der Waals surface area contributed by atoms with Gasteiger partial charge in [0.25, 0.3) is 0 Å². The molecule has 0 spiro atoms. The Kier molecular flexibility index (Phi) is 5.66. The van der Waals surface area contributed by atoms with Crippen LogP contribution in [-0.4, -0.2) is 24.5 Å². The van der Waals surface area contributed by atoms with Gasteiger partial charge in [-0.05, 0) is 39.4 Å². The summed E-state index contributed by atoms with van der Waals surface area (Å²) >= 11 is 0. The lowest BCUT2D eigenvalue weighted by atomic mass is 9.98. The Hall–Kier alpha value is -0.860. The molecule has 2 unspecified atom stereocenters. The van der Waals surface area contributed by atoms with E-state index < -0.39 is 0 Å². The van der Waals surface area contributed by atoms with E-state index in [1.807, 2.05) is 0 Å². The van der Waals surface area contributed by atoms with Crippen LogP contribution in [0.5, 0.6) is 0 Å². The third kappa shape index (κ3) is 4.14. The van der Waals surface area contributed by atoms with Crippen molar-refractivity contribution < 1.29 is 0 Å². The number of unbranched alkanes of at least 4 members (excludes halogenated alkanes) is 1. The molecule has 2 atom stereocenters. The van der Waals surface area contributed by atoms with Crippen molar-refractivity contribution in [2.45, 2.75) is 45.7 Å². The molecular weight excluding hydrogens is 208 g/mol. The van der Waals surface area contributed by atoms with Crippen LogP contribution < -0.4 is 5.73 Å². The fourth-order valence-electron chi connectivity index (χ4n) is 2.27. The zero-order chi connectivity index (χ0) is 12.8. The highest BCUT2D eigenvalue weighted by atomic mass is 15.1. The number of benzene rings is 1. The third-order valence-electron chi connectivity index (χ3n) is 3.26. The highest BCUT2D eigenvalue weighted by Gasteiger charge is 2.20. The van der Waals surface area contributed by atoms with Crippen molar-refractivity contribution >= 4 is 0 Å². The number of nitrogens with two attached hydrogens (primary N) is 1. The van der Waals surface area contributed by atoms with Gasteiger partial charge in [-0.25, -0.2) is 0 Å². The minimum absolute atomic E-state index is 0.152. The van der Waals surface area contributed by atoms with Gasteiger partial charge in [-0.1, -0.05) is 43.2 Å². The molecule has 1 rings (SSSR count). The summed E-state index contributed by atoms with van der Waals surface area (Å²) < 4.78 is 0. The van der Waals surface area contributed by atoms with E-state index in [1.54, 1.807) is 0 Å². The van der Waals surface area contributed by atoms with Crippen LogP contribution >= 0.6 is 0 Å². The summed E-state index contributed by atoms with van der Waals surface area (Å²) in [6, 6.07) is 9.20. The van der Waals surface area contributed by atoms with E-state index in [1.165, 1.54) is 24.0 Å². The van der Waals surface area contributed by atoms with Gasteiger partial charge in [0.05, 0.1) is 0 Å². The van der Waals surface area contributed by atoms with Crippen LogP contribution in [0.2, 0.25) is 0 Å². The average molecular weight is 234 g/mol. The Balaban J connectivity index is 2.81. The van der Waals surface area contributed by atoms with Crippen molar-refractivity contribution in [2.24, 2.45) is 5.73 Å². The first kappa shape index (κ1) is 14.2. The number of likely N-dealkylation sites (N-methyl/N-ethyl adjacent to an activating group) is 1. The Morgan fingerprint density at radius 2 is 1.82 bits per heavy atom. The first-order valence-corrected chi connectivity index (χ1v) is 6.58. The fraction of sp³-hybridized carbons (Fsp3) is 0.600. The number of nitrogens with zero attached hydrogens (tertiary/aromatic N) is 1. The van der Waals surface area contributed by atoms with Crippen LogP contribution in [0.4, 0.5) is 0 Å². The molecule has 0 amide bonds. The number of rotatable bonds is 6. The molecule has 2 nitrogen and oxygen atoms in total. The lowest BCUT2D eigenvalue weighted by Crippen LogP contribution is -2.37. The highest BCUT2D eigenvalue weighted by Crippen LogP contribution is 2.22. The van der Waals surface area contributed by atoms with E-state index in [4.69, 9.17) is 5.73 Å².